The number of carbonyl (C=O) groups excluding carboxylic acids is 2. The molecule has 3 aromatic carbocycles. The molecule has 0 atom stereocenters. The molecule has 2 heterocycles. The monoisotopic (exact) mass is 427 g/mol. The van der Waals surface area contributed by atoms with Crippen molar-refractivity contribution in [3.8, 4) is 0 Å². The van der Waals surface area contributed by atoms with Gasteiger partial charge in [-0.25, -0.2) is 4.79 Å². The van der Waals surface area contributed by atoms with E-state index in [9.17, 15) is 14.4 Å². The van der Waals surface area contributed by atoms with E-state index in [1.807, 2.05) is 76.2 Å². The Balaban J connectivity index is 1.21. The Kier molecular flexibility index (Phi) is 5.35. The van der Waals surface area contributed by atoms with Crippen LogP contribution in [0.15, 0.2) is 71.5 Å². The Morgan fingerprint density at radius 3 is 2.44 bits per heavy atom. The minimum Gasteiger partial charge on any atom is -0.343 e. The summed E-state index contributed by atoms with van der Waals surface area (Å²) in [6.07, 6.45) is 1.87. The van der Waals surface area contributed by atoms with Gasteiger partial charge in [-0.05, 0) is 35.7 Å². The number of fused-ring (bicyclic) bond motifs is 2. The molecule has 1 aliphatic heterocycles. The fourth-order valence-corrected chi connectivity index (χ4v) is 4.79. The third-order valence-corrected chi connectivity index (χ3v) is 6.46. The quantitative estimate of drug-likeness (QED) is 0.482. The van der Waals surface area contributed by atoms with Gasteiger partial charge < -0.3 is 9.88 Å². The maximum Gasteiger partial charge on any atom is 0.326 e. The van der Waals surface area contributed by atoms with Gasteiger partial charge in [0.15, 0.2) is 5.78 Å². The first-order valence-electron chi connectivity index (χ1n) is 11.1. The summed E-state index contributed by atoms with van der Waals surface area (Å²) < 4.78 is 1.82. The lowest BCUT2D eigenvalue weighted by Gasteiger charge is -2.32. The summed E-state index contributed by atoms with van der Waals surface area (Å²) in [6, 6.07) is 21.3. The van der Waals surface area contributed by atoms with E-state index in [4.69, 9.17) is 0 Å². The highest BCUT2D eigenvalue weighted by molar-refractivity contribution is 6.08. The molecule has 1 aromatic heterocycles. The highest BCUT2D eigenvalue weighted by atomic mass is 16.2. The number of hydrogen-bond acceptors (Lipinski definition) is 3. The number of para-hydroxylation sites is 2. The predicted octanol–water partition coefficient (Wildman–Crippen LogP) is 4.31. The van der Waals surface area contributed by atoms with Gasteiger partial charge in [-0.1, -0.05) is 54.6 Å². The molecule has 162 valence electrons. The van der Waals surface area contributed by atoms with Gasteiger partial charge in [-0.2, -0.15) is 0 Å². The van der Waals surface area contributed by atoms with E-state index in [2.05, 4.69) is 4.98 Å². The zero-order valence-corrected chi connectivity index (χ0v) is 17.8. The number of nitrogens with zero attached hydrogens (tertiary/aromatic N) is 2. The average Bonchev–Trinajstić information content (AvgIpc) is 3.17. The summed E-state index contributed by atoms with van der Waals surface area (Å²) >= 11 is 0. The number of carbonyl (C=O) groups is 2. The number of likely N-dealkylation sites (tertiary alicyclic amines) is 1. The SMILES string of the molecule is O=C(CCC(=O)N1CCC(n2c(=O)[nH]c3ccccc32)CC1)c1cccc2ccccc12. The van der Waals surface area contributed by atoms with E-state index >= 15 is 0 Å². The topological polar surface area (TPSA) is 75.2 Å². The Morgan fingerprint density at radius 2 is 1.59 bits per heavy atom. The maximum absolute atomic E-state index is 12.8. The van der Waals surface area contributed by atoms with Gasteiger partial charge in [-0.15, -0.1) is 0 Å². The van der Waals surface area contributed by atoms with Crippen molar-refractivity contribution < 1.29 is 9.59 Å². The summed E-state index contributed by atoms with van der Waals surface area (Å²) in [6.45, 7) is 1.19. The number of Topliss-reactive ketones (excluding diaryl/α,β-unsaturated/α-hetero) is 1. The van der Waals surface area contributed by atoms with Crippen LogP contribution in [0.1, 0.15) is 42.1 Å². The van der Waals surface area contributed by atoms with E-state index in [1.165, 1.54) is 0 Å². The molecule has 32 heavy (non-hydrogen) atoms. The second-order valence-corrected chi connectivity index (χ2v) is 8.38. The average molecular weight is 428 g/mol. The largest absolute Gasteiger partial charge is 0.343 e. The van der Waals surface area contributed by atoms with Gasteiger partial charge in [0.1, 0.15) is 0 Å². The zero-order valence-electron chi connectivity index (χ0n) is 17.8. The van der Waals surface area contributed by atoms with Crippen LogP contribution in [-0.4, -0.2) is 39.2 Å². The number of nitrogens with one attached hydrogen (secondary N) is 1. The third-order valence-electron chi connectivity index (χ3n) is 6.46. The van der Waals surface area contributed by atoms with Crippen molar-refractivity contribution in [3.63, 3.8) is 0 Å². The molecule has 0 unspecified atom stereocenters. The summed E-state index contributed by atoms with van der Waals surface area (Å²) in [5.74, 6) is -0.00121. The molecule has 0 spiro atoms. The Morgan fingerprint density at radius 1 is 0.875 bits per heavy atom. The molecule has 4 aromatic rings. The van der Waals surface area contributed by atoms with Gasteiger partial charge in [0.05, 0.1) is 11.0 Å². The molecule has 6 nitrogen and oxygen atoms in total. The molecular formula is C26H25N3O3. The number of imidazole rings is 1. The lowest BCUT2D eigenvalue weighted by molar-refractivity contribution is -0.132. The minimum atomic E-state index is -0.100. The molecule has 0 aliphatic carbocycles. The molecule has 1 fully saturated rings. The van der Waals surface area contributed by atoms with Crippen LogP contribution in [0.3, 0.4) is 0 Å². The lowest BCUT2D eigenvalue weighted by atomic mass is 9.98. The van der Waals surface area contributed by atoms with Gasteiger partial charge >= 0.3 is 5.69 Å². The molecule has 1 amide bonds. The number of H-pyrrole nitrogens is 1. The minimum absolute atomic E-state index is 0.00307. The van der Waals surface area contributed by atoms with Gasteiger partial charge in [-0.3, -0.25) is 14.2 Å². The summed E-state index contributed by atoms with van der Waals surface area (Å²) in [7, 11) is 0. The van der Waals surface area contributed by atoms with E-state index in [0.717, 1.165) is 34.6 Å². The number of aromatic amines is 1. The van der Waals surface area contributed by atoms with Crippen LogP contribution in [-0.2, 0) is 4.79 Å². The molecule has 6 heteroatoms. The van der Waals surface area contributed by atoms with Crippen molar-refractivity contribution in [3.05, 3.63) is 82.8 Å². The van der Waals surface area contributed by atoms with Crippen molar-refractivity contribution in [2.45, 2.75) is 31.7 Å². The number of ketones is 1. The van der Waals surface area contributed by atoms with Crippen LogP contribution in [0.5, 0.6) is 0 Å². The number of benzene rings is 3. The fourth-order valence-electron chi connectivity index (χ4n) is 4.79. The zero-order chi connectivity index (χ0) is 22.1. The third kappa shape index (κ3) is 3.73. The van der Waals surface area contributed by atoms with E-state index in [-0.39, 0.29) is 36.3 Å². The summed E-state index contributed by atoms with van der Waals surface area (Å²) in [5, 5.41) is 1.96. The van der Waals surface area contributed by atoms with Crippen molar-refractivity contribution in [1.82, 2.24) is 14.5 Å². The predicted molar refractivity (Wildman–Crippen MR) is 125 cm³/mol. The second kappa shape index (κ2) is 8.46. The van der Waals surface area contributed by atoms with Crippen molar-refractivity contribution in [1.29, 1.82) is 0 Å². The van der Waals surface area contributed by atoms with Crippen LogP contribution in [0.4, 0.5) is 0 Å². The number of rotatable bonds is 5. The molecule has 0 bridgehead atoms. The maximum atomic E-state index is 12.8. The van der Waals surface area contributed by atoms with Crippen LogP contribution in [0.2, 0.25) is 0 Å². The number of aromatic nitrogens is 2. The van der Waals surface area contributed by atoms with Gasteiger partial charge in [0, 0.05) is 37.5 Å². The normalized spacial score (nSPS) is 14.8. The van der Waals surface area contributed by atoms with Crippen LogP contribution < -0.4 is 5.69 Å². The molecule has 0 radical (unpaired) electrons. The standard InChI is InChI=1S/C26H25N3O3/c30-24(21-9-5-7-18-6-1-2-8-20(18)21)12-13-25(31)28-16-14-19(15-17-28)29-23-11-4-3-10-22(23)27-26(29)32/h1-11,19H,12-17H2,(H,27,32). The highest BCUT2D eigenvalue weighted by Crippen LogP contribution is 2.26. The first-order chi connectivity index (χ1) is 15.6. The smallest absolute Gasteiger partial charge is 0.326 e. The summed E-state index contributed by atoms with van der Waals surface area (Å²) in [4.78, 5) is 42.8. The molecule has 1 saturated heterocycles. The second-order valence-electron chi connectivity index (χ2n) is 8.38. The van der Waals surface area contributed by atoms with Crippen LogP contribution in [0, 0.1) is 0 Å². The van der Waals surface area contributed by atoms with Gasteiger partial charge in [0.25, 0.3) is 0 Å². The van der Waals surface area contributed by atoms with Crippen LogP contribution in [0.25, 0.3) is 21.8 Å². The van der Waals surface area contributed by atoms with Crippen LogP contribution >= 0.6 is 0 Å². The molecular weight excluding hydrogens is 402 g/mol. The molecule has 1 N–H and O–H groups in total. The van der Waals surface area contributed by atoms with E-state index in [1.54, 1.807) is 0 Å². The van der Waals surface area contributed by atoms with E-state index < -0.39 is 0 Å². The van der Waals surface area contributed by atoms with Crippen molar-refractivity contribution in [2.75, 3.05) is 13.1 Å². The van der Waals surface area contributed by atoms with Crippen molar-refractivity contribution in [2.24, 2.45) is 0 Å². The fraction of sp³-hybridized carbons (Fsp3) is 0.269. The van der Waals surface area contributed by atoms with E-state index in [0.29, 0.717) is 18.7 Å². The lowest BCUT2D eigenvalue weighted by Crippen LogP contribution is -2.40. The van der Waals surface area contributed by atoms with Crippen molar-refractivity contribution >= 4 is 33.5 Å². The Labute approximate surface area is 185 Å². The molecule has 1 aliphatic rings. The molecule has 0 saturated carbocycles. The highest BCUT2D eigenvalue weighted by Gasteiger charge is 2.26. The first kappa shape index (κ1) is 20.2. The Bertz CT molecular complexity index is 1350. The summed E-state index contributed by atoms with van der Waals surface area (Å²) in [5.41, 5.74) is 2.32. The first-order valence-corrected chi connectivity index (χ1v) is 11.1. The van der Waals surface area contributed by atoms with Gasteiger partial charge in [0.2, 0.25) is 5.91 Å². The Hall–Kier alpha value is -3.67. The number of piperidine rings is 1. The number of hydrogen-bond donors (Lipinski definition) is 1. The number of amides is 1. The molecule has 5 rings (SSSR count).